The van der Waals surface area contributed by atoms with Gasteiger partial charge in [0.25, 0.3) is 8.32 Å². The van der Waals surface area contributed by atoms with E-state index < -0.39 is 16.4 Å². The molecule has 0 spiro atoms. The lowest BCUT2D eigenvalue weighted by Gasteiger charge is -2.39. The zero-order chi connectivity index (χ0) is 16.3. The second-order valence-corrected chi connectivity index (χ2v) is 17.6. The van der Waals surface area contributed by atoms with Gasteiger partial charge in [-0.25, -0.2) is 0 Å². The van der Waals surface area contributed by atoms with Crippen molar-refractivity contribution in [2.24, 2.45) is 0 Å². The molecule has 0 saturated heterocycles. The summed E-state index contributed by atoms with van der Waals surface area (Å²) in [5.41, 5.74) is 9.72. The lowest BCUT2D eigenvalue weighted by Crippen LogP contribution is -2.46. The van der Waals surface area contributed by atoms with E-state index in [0.29, 0.717) is 27.7 Å². The van der Waals surface area contributed by atoms with Gasteiger partial charge in [0.05, 0.1) is 0 Å². The van der Waals surface area contributed by atoms with Gasteiger partial charge in [0.15, 0.2) is 0 Å². The van der Waals surface area contributed by atoms with Crippen LogP contribution in [0.4, 0.5) is 0 Å². The van der Waals surface area contributed by atoms with Crippen LogP contribution in [-0.2, 0) is 0 Å². The molecule has 0 aromatic rings. The summed E-state index contributed by atoms with van der Waals surface area (Å²) in [5, 5.41) is 0. The smallest absolute Gasteiger partial charge is 0.273 e. The highest BCUT2D eigenvalue weighted by molar-refractivity contribution is 6.93. The van der Waals surface area contributed by atoms with Crippen molar-refractivity contribution in [3.05, 3.63) is 0 Å². The average molecular weight is 313 g/mol. The molecular weight excluding hydrogens is 276 g/mol. The molecule has 1 N–H and O–H groups in total. The van der Waals surface area contributed by atoms with Gasteiger partial charge in [-0.3, -0.25) is 0 Å². The lowest BCUT2D eigenvalue weighted by molar-refractivity contribution is 0.515. The van der Waals surface area contributed by atoms with Crippen molar-refractivity contribution in [2.45, 2.75) is 96.9 Å². The van der Waals surface area contributed by atoms with Crippen LogP contribution in [0.5, 0.6) is 0 Å². The molecule has 0 aliphatic heterocycles. The minimum Gasteiger partial charge on any atom is -0.421 e. The predicted molar refractivity (Wildman–Crippen MR) is 97.0 cm³/mol. The first kappa shape index (κ1) is 20.0. The number of rotatable bonds is 5. The molecule has 0 aliphatic carbocycles. The maximum absolute atomic E-state index is 11.1. The average Bonchev–Trinajstić information content (AvgIpc) is 2.27. The van der Waals surface area contributed by atoms with E-state index in [4.69, 9.17) is 0 Å². The minimum absolute atomic E-state index is 0.299. The monoisotopic (exact) mass is 312 g/mol. The second kappa shape index (κ2) is 7.29. The molecule has 1 nitrogen and oxygen atoms in total. The standard InChI is InChI=1S/C17H36OSi2/c1-13(2)19(14(3)4,15(5)6)11-12-20(18,16(7)8)17(9)10/h13-18H,1-10H3. The molecule has 0 atom stereocenters. The van der Waals surface area contributed by atoms with Crippen molar-refractivity contribution < 1.29 is 4.80 Å². The summed E-state index contributed by atoms with van der Waals surface area (Å²) in [6, 6.07) is 0. The first-order chi connectivity index (χ1) is 8.92. The highest BCUT2D eigenvalue weighted by Gasteiger charge is 2.43. The van der Waals surface area contributed by atoms with E-state index in [9.17, 15) is 4.80 Å². The van der Waals surface area contributed by atoms with Gasteiger partial charge >= 0.3 is 0 Å². The molecule has 0 aliphatic rings. The quantitative estimate of drug-likeness (QED) is 0.524. The zero-order valence-electron chi connectivity index (χ0n) is 15.3. The van der Waals surface area contributed by atoms with Crippen molar-refractivity contribution in [2.75, 3.05) is 0 Å². The molecule has 0 unspecified atom stereocenters. The van der Waals surface area contributed by atoms with E-state index >= 15 is 0 Å². The third-order valence-electron chi connectivity index (χ3n) is 5.11. The minimum atomic E-state index is -2.48. The van der Waals surface area contributed by atoms with E-state index in [1.807, 2.05) is 0 Å². The van der Waals surface area contributed by atoms with Gasteiger partial charge in [0, 0.05) is 0 Å². The topological polar surface area (TPSA) is 20.2 Å². The molecular formula is C17H36OSi2. The van der Waals surface area contributed by atoms with Crippen LogP contribution in [0.1, 0.15) is 69.2 Å². The maximum atomic E-state index is 11.1. The van der Waals surface area contributed by atoms with Crippen LogP contribution in [0.3, 0.4) is 0 Å². The molecule has 0 fully saturated rings. The zero-order valence-corrected chi connectivity index (χ0v) is 17.3. The van der Waals surface area contributed by atoms with E-state index in [0.717, 1.165) is 0 Å². The van der Waals surface area contributed by atoms with Crippen molar-refractivity contribution in [1.82, 2.24) is 0 Å². The Bertz CT molecular complexity index is 329. The molecule has 0 aromatic carbocycles. The fourth-order valence-corrected chi connectivity index (χ4v) is 12.0. The summed E-state index contributed by atoms with van der Waals surface area (Å²) in [5.74, 6) is 0. The van der Waals surface area contributed by atoms with Gasteiger partial charge in [-0.05, 0) is 27.7 Å². The van der Waals surface area contributed by atoms with Crippen LogP contribution in [0.25, 0.3) is 0 Å². The Kier molecular flexibility index (Phi) is 7.27. The van der Waals surface area contributed by atoms with Gasteiger partial charge in [-0.15, -0.1) is 11.1 Å². The Balaban J connectivity index is 5.89. The first-order valence-electron chi connectivity index (χ1n) is 8.19. The van der Waals surface area contributed by atoms with Crippen LogP contribution in [0.2, 0.25) is 27.7 Å². The van der Waals surface area contributed by atoms with Crippen LogP contribution >= 0.6 is 0 Å². The third-order valence-corrected chi connectivity index (χ3v) is 15.7. The number of hydrogen-bond acceptors (Lipinski definition) is 1. The highest BCUT2D eigenvalue weighted by Crippen LogP contribution is 2.41. The Hall–Kier alpha value is -0.0462. The van der Waals surface area contributed by atoms with Crippen molar-refractivity contribution in [1.29, 1.82) is 0 Å². The van der Waals surface area contributed by atoms with Gasteiger partial charge in [0.2, 0.25) is 0 Å². The van der Waals surface area contributed by atoms with E-state index in [2.05, 4.69) is 80.3 Å². The third kappa shape index (κ3) is 3.78. The molecule has 0 rings (SSSR count). The second-order valence-electron chi connectivity index (χ2n) is 7.78. The molecule has 3 heteroatoms. The lowest BCUT2D eigenvalue weighted by atomic mass is 10.5. The van der Waals surface area contributed by atoms with Gasteiger partial charge < -0.3 is 4.80 Å². The SMILES string of the molecule is CC(C)[Si](O)(C#C[Si](C(C)C)(C(C)C)C(C)C)C(C)C. The first-order valence-corrected chi connectivity index (χ1v) is 12.5. The van der Waals surface area contributed by atoms with E-state index in [1.165, 1.54) is 0 Å². The largest absolute Gasteiger partial charge is 0.421 e. The van der Waals surface area contributed by atoms with Crippen molar-refractivity contribution in [3.63, 3.8) is 0 Å². The Morgan fingerprint density at radius 3 is 1.05 bits per heavy atom. The summed E-state index contributed by atoms with van der Waals surface area (Å²) in [7, 11) is -4.19. The van der Waals surface area contributed by atoms with Crippen LogP contribution in [-0.4, -0.2) is 21.2 Å². The van der Waals surface area contributed by atoms with Crippen molar-refractivity contribution >= 4 is 16.4 Å². The molecule has 0 radical (unpaired) electrons. The fraction of sp³-hybridized carbons (Fsp3) is 0.882. The Morgan fingerprint density at radius 1 is 0.550 bits per heavy atom. The van der Waals surface area contributed by atoms with Crippen LogP contribution < -0.4 is 0 Å². The predicted octanol–water partition coefficient (Wildman–Crippen LogP) is 5.50. The fourth-order valence-electron chi connectivity index (χ4n) is 3.60. The molecule has 20 heavy (non-hydrogen) atoms. The molecule has 0 heterocycles. The maximum Gasteiger partial charge on any atom is 0.273 e. The molecule has 118 valence electrons. The molecule has 0 aromatic heterocycles. The van der Waals surface area contributed by atoms with E-state index in [-0.39, 0.29) is 0 Å². The Labute approximate surface area is 129 Å². The summed E-state index contributed by atoms with van der Waals surface area (Å²) >= 11 is 0. The van der Waals surface area contributed by atoms with Gasteiger partial charge in [-0.1, -0.05) is 69.2 Å². The normalized spacial score (nSPS) is 13.6. The molecule has 0 amide bonds. The summed E-state index contributed by atoms with van der Waals surface area (Å²) in [6.07, 6.45) is 0. The molecule has 0 bridgehead atoms. The Morgan fingerprint density at radius 2 is 0.850 bits per heavy atom. The van der Waals surface area contributed by atoms with Crippen LogP contribution in [0, 0.1) is 11.1 Å². The number of hydrogen-bond donors (Lipinski definition) is 1. The summed E-state index contributed by atoms with van der Waals surface area (Å²) < 4.78 is 0. The summed E-state index contributed by atoms with van der Waals surface area (Å²) in [4.78, 5) is 11.1. The van der Waals surface area contributed by atoms with Gasteiger partial charge in [-0.2, -0.15) is 0 Å². The van der Waals surface area contributed by atoms with Crippen LogP contribution in [0.15, 0.2) is 0 Å². The molecule has 0 saturated carbocycles. The van der Waals surface area contributed by atoms with Crippen molar-refractivity contribution in [3.8, 4) is 11.1 Å². The summed E-state index contributed by atoms with van der Waals surface area (Å²) in [6.45, 7) is 22.5. The van der Waals surface area contributed by atoms with Gasteiger partial charge in [0.1, 0.15) is 8.07 Å². The van der Waals surface area contributed by atoms with E-state index in [1.54, 1.807) is 0 Å². The highest BCUT2D eigenvalue weighted by atomic mass is 28.4.